The lowest BCUT2D eigenvalue weighted by Crippen LogP contribution is -2.33. The first kappa shape index (κ1) is 14.3. The monoisotopic (exact) mass is 299 g/mol. The maximum atomic E-state index is 6.12. The smallest absolute Gasteiger partial charge is 0.246 e. The van der Waals surface area contributed by atoms with Gasteiger partial charge < -0.3 is 9.84 Å². The van der Waals surface area contributed by atoms with E-state index in [0.717, 1.165) is 5.56 Å². The number of hydrogen-bond donors (Lipinski definition) is 1. The van der Waals surface area contributed by atoms with Crippen LogP contribution in [0.4, 0.5) is 0 Å². The fourth-order valence-corrected chi connectivity index (χ4v) is 2.00. The Kier molecular flexibility index (Phi) is 4.13. The van der Waals surface area contributed by atoms with Gasteiger partial charge in [0.1, 0.15) is 0 Å². The molecular formula is C13H15Cl2N3O. The third-order valence-electron chi connectivity index (χ3n) is 2.99. The first-order valence-corrected chi connectivity index (χ1v) is 6.64. The largest absolute Gasteiger partial charge is 0.337 e. The number of rotatable bonds is 4. The van der Waals surface area contributed by atoms with Crippen LogP contribution in [0.3, 0.4) is 0 Å². The highest BCUT2D eigenvalue weighted by Crippen LogP contribution is 2.23. The van der Waals surface area contributed by atoms with Crippen LogP contribution < -0.4 is 5.32 Å². The highest BCUT2D eigenvalue weighted by Gasteiger charge is 2.25. The van der Waals surface area contributed by atoms with Gasteiger partial charge in [0.2, 0.25) is 5.89 Å². The Morgan fingerprint density at radius 3 is 2.68 bits per heavy atom. The van der Waals surface area contributed by atoms with Crippen molar-refractivity contribution in [3.63, 3.8) is 0 Å². The maximum absolute atomic E-state index is 6.12. The molecule has 0 saturated heterocycles. The molecule has 1 aromatic heterocycles. The van der Waals surface area contributed by atoms with E-state index in [-0.39, 0.29) is 5.54 Å². The van der Waals surface area contributed by atoms with Gasteiger partial charge in [-0.3, -0.25) is 0 Å². The molecule has 19 heavy (non-hydrogen) atoms. The van der Waals surface area contributed by atoms with Crippen LogP contribution >= 0.6 is 23.2 Å². The van der Waals surface area contributed by atoms with Crippen LogP contribution in [0.1, 0.15) is 31.1 Å². The molecule has 0 fully saturated rings. The molecule has 4 nitrogen and oxygen atoms in total. The molecule has 0 bridgehead atoms. The molecule has 0 aliphatic heterocycles. The highest BCUT2D eigenvalue weighted by molar-refractivity contribution is 6.35. The molecule has 0 spiro atoms. The van der Waals surface area contributed by atoms with E-state index in [4.69, 9.17) is 27.7 Å². The molecule has 0 aliphatic carbocycles. The Labute approximate surface area is 122 Å². The molecule has 0 saturated carbocycles. The zero-order valence-corrected chi connectivity index (χ0v) is 12.5. The van der Waals surface area contributed by atoms with E-state index in [2.05, 4.69) is 15.5 Å². The van der Waals surface area contributed by atoms with Crippen molar-refractivity contribution in [2.75, 3.05) is 7.05 Å². The van der Waals surface area contributed by atoms with Gasteiger partial charge in [-0.05, 0) is 38.6 Å². The summed E-state index contributed by atoms with van der Waals surface area (Å²) in [7, 11) is 1.85. The first-order chi connectivity index (χ1) is 8.92. The summed E-state index contributed by atoms with van der Waals surface area (Å²) in [5, 5.41) is 8.30. The Hall–Kier alpha value is -1.10. The molecule has 2 rings (SSSR count). The Morgan fingerprint density at radius 2 is 2.05 bits per heavy atom. The minimum absolute atomic E-state index is 0.352. The van der Waals surface area contributed by atoms with Crippen LogP contribution in [0.25, 0.3) is 0 Å². The second-order valence-corrected chi connectivity index (χ2v) is 5.65. The standard InChI is InChI=1S/C13H15Cl2N3O/c1-13(2,16-3)12-17-11(18-19-12)6-8-4-5-9(14)7-10(8)15/h4-5,7,16H,6H2,1-3H3. The van der Waals surface area contributed by atoms with Crippen molar-refractivity contribution in [3.05, 3.63) is 45.5 Å². The Balaban J connectivity index is 2.20. The van der Waals surface area contributed by atoms with Gasteiger partial charge >= 0.3 is 0 Å². The van der Waals surface area contributed by atoms with Crippen molar-refractivity contribution >= 4 is 23.2 Å². The van der Waals surface area contributed by atoms with E-state index in [1.807, 2.05) is 27.0 Å². The van der Waals surface area contributed by atoms with Crippen LogP contribution in [0.5, 0.6) is 0 Å². The number of nitrogens with one attached hydrogen (secondary N) is 1. The van der Waals surface area contributed by atoms with Gasteiger partial charge in [0, 0.05) is 16.5 Å². The number of nitrogens with zero attached hydrogens (tertiary/aromatic N) is 2. The summed E-state index contributed by atoms with van der Waals surface area (Å²) < 4.78 is 5.26. The molecule has 6 heteroatoms. The molecule has 1 heterocycles. The predicted octanol–water partition coefficient (Wildman–Crippen LogP) is 3.42. The zero-order valence-electron chi connectivity index (χ0n) is 11.0. The van der Waals surface area contributed by atoms with Gasteiger partial charge in [-0.25, -0.2) is 0 Å². The average Bonchev–Trinajstić information content (AvgIpc) is 2.82. The van der Waals surface area contributed by atoms with Crippen LogP contribution in [0.15, 0.2) is 22.7 Å². The zero-order chi connectivity index (χ0) is 14.0. The molecule has 1 N–H and O–H groups in total. The van der Waals surface area contributed by atoms with Gasteiger partial charge in [-0.15, -0.1) is 0 Å². The van der Waals surface area contributed by atoms with Crippen molar-refractivity contribution in [2.45, 2.75) is 25.8 Å². The van der Waals surface area contributed by atoms with Crippen LogP contribution in [-0.2, 0) is 12.0 Å². The maximum Gasteiger partial charge on any atom is 0.246 e. The SMILES string of the molecule is CNC(C)(C)c1nc(Cc2ccc(Cl)cc2Cl)no1. The van der Waals surface area contributed by atoms with E-state index < -0.39 is 0 Å². The highest BCUT2D eigenvalue weighted by atomic mass is 35.5. The topological polar surface area (TPSA) is 51.0 Å². The van der Waals surface area contributed by atoms with E-state index in [1.54, 1.807) is 12.1 Å². The molecule has 0 radical (unpaired) electrons. The number of halogens is 2. The lowest BCUT2D eigenvalue weighted by Gasteiger charge is -2.17. The van der Waals surface area contributed by atoms with Crippen LogP contribution in [-0.4, -0.2) is 17.2 Å². The summed E-state index contributed by atoms with van der Waals surface area (Å²) in [6, 6.07) is 5.36. The molecular weight excluding hydrogens is 285 g/mol. The second kappa shape index (κ2) is 5.49. The van der Waals surface area contributed by atoms with Gasteiger partial charge in [0.25, 0.3) is 0 Å². The summed E-state index contributed by atoms with van der Waals surface area (Å²) in [5.74, 6) is 1.15. The van der Waals surface area contributed by atoms with Gasteiger partial charge in [0.05, 0.1) is 5.54 Å². The van der Waals surface area contributed by atoms with Crippen LogP contribution in [0, 0.1) is 0 Å². The van der Waals surface area contributed by atoms with Gasteiger partial charge in [-0.1, -0.05) is 34.4 Å². The summed E-state index contributed by atoms with van der Waals surface area (Å²) >= 11 is 12.0. The second-order valence-electron chi connectivity index (χ2n) is 4.80. The lowest BCUT2D eigenvalue weighted by molar-refractivity contribution is 0.279. The molecule has 102 valence electrons. The third kappa shape index (κ3) is 3.26. The summed E-state index contributed by atoms with van der Waals surface area (Å²) in [6.45, 7) is 3.94. The molecule has 0 amide bonds. The van der Waals surface area contributed by atoms with E-state index in [9.17, 15) is 0 Å². The minimum Gasteiger partial charge on any atom is -0.337 e. The van der Waals surface area contributed by atoms with Crippen molar-refractivity contribution in [1.29, 1.82) is 0 Å². The minimum atomic E-state index is -0.352. The van der Waals surface area contributed by atoms with Gasteiger partial charge in [0.15, 0.2) is 5.82 Å². The normalized spacial score (nSPS) is 11.8. The average molecular weight is 300 g/mol. The van der Waals surface area contributed by atoms with E-state index in [1.165, 1.54) is 0 Å². The first-order valence-electron chi connectivity index (χ1n) is 5.88. The third-order valence-corrected chi connectivity index (χ3v) is 3.58. The van der Waals surface area contributed by atoms with Crippen molar-refractivity contribution in [2.24, 2.45) is 0 Å². The van der Waals surface area contributed by atoms with Crippen molar-refractivity contribution < 1.29 is 4.52 Å². The molecule has 0 aliphatic rings. The Morgan fingerprint density at radius 1 is 1.32 bits per heavy atom. The summed E-state index contributed by atoms with van der Waals surface area (Å²) in [6.07, 6.45) is 0.513. The number of benzene rings is 1. The van der Waals surface area contributed by atoms with Crippen molar-refractivity contribution in [3.8, 4) is 0 Å². The van der Waals surface area contributed by atoms with Gasteiger partial charge in [-0.2, -0.15) is 4.98 Å². The number of hydrogen-bond acceptors (Lipinski definition) is 4. The quantitative estimate of drug-likeness (QED) is 0.940. The molecule has 1 aromatic carbocycles. The molecule has 0 unspecified atom stereocenters. The Bertz CT molecular complexity index is 581. The summed E-state index contributed by atoms with van der Waals surface area (Å²) in [4.78, 5) is 4.38. The molecule has 2 aromatic rings. The van der Waals surface area contributed by atoms with E-state index >= 15 is 0 Å². The lowest BCUT2D eigenvalue weighted by atomic mass is 10.1. The van der Waals surface area contributed by atoms with Crippen molar-refractivity contribution in [1.82, 2.24) is 15.5 Å². The molecule has 0 atom stereocenters. The number of aromatic nitrogens is 2. The van der Waals surface area contributed by atoms with E-state index in [0.29, 0.717) is 28.2 Å². The summed E-state index contributed by atoms with van der Waals surface area (Å²) in [5.41, 5.74) is 0.565. The fourth-order valence-electron chi connectivity index (χ4n) is 1.52. The fraction of sp³-hybridized carbons (Fsp3) is 0.385. The van der Waals surface area contributed by atoms with Crippen LogP contribution in [0.2, 0.25) is 10.0 Å². The predicted molar refractivity (Wildman–Crippen MR) is 75.7 cm³/mol.